The van der Waals surface area contributed by atoms with Gasteiger partial charge < -0.3 is 16.0 Å². The Kier molecular flexibility index (Phi) is 6.05. The molecular weight excluding hydrogens is 260 g/mol. The molecule has 116 valence electrons. The number of hydrogen-bond donors (Lipinski definition) is 2. The molecule has 1 heterocycles. The molecule has 1 aromatic carbocycles. The summed E-state index contributed by atoms with van der Waals surface area (Å²) < 4.78 is 0. The van der Waals surface area contributed by atoms with Gasteiger partial charge in [0.25, 0.3) is 0 Å². The number of nitrogens with zero attached hydrogens (tertiary/aromatic N) is 2. The van der Waals surface area contributed by atoms with Crippen molar-refractivity contribution in [3.8, 4) is 0 Å². The summed E-state index contributed by atoms with van der Waals surface area (Å²) in [5.74, 6) is 1.33. The highest BCUT2D eigenvalue weighted by Crippen LogP contribution is 2.19. The van der Waals surface area contributed by atoms with Crippen molar-refractivity contribution in [3.63, 3.8) is 0 Å². The van der Waals surface area contributed by atoms with Gasteiger partial charge in [-0.3, -0.25) is 4.99 Å². The Bertz CT molecular complexity index is 462. The van der Waals surface area contributed by atoms with Crippen molar-refractivity contribution in [2.45, 2.75) is 32.6 Å². The van der Waals surface area contributed by atoms with E-state index >= 15 is 0 Å². The highest BCUT2D eigenvalue weighted by molar-refractivity contribution is 5.92. The minimum Gasteiger partial charge on any atom is -0.370 e. The summed E-state index contributed by atoms with van der Waals surface area (Å²) in [5.41, 5.74) is 8.29. The van der Waals surface area contributed by atoms with Crippen LogP contribution < -0.4 is 11.1 Å². The normalized spacial score (nSPS) is 17.9. The Balaban J connectivity index is 1.76. The molecule has 1 fully saturated rings. The lowest BCUT2D eigenvalue weighted by Gasteiger charge is -2.28. The highest BCUT2D eigenvalue weighted by Gasteiger charge is 2.15. The molecule has 4 nitrogen and oxygen atoms in total. The van der Waals surface area contributed by atoms with Crippen LogP contribution in [0.3, 0.4) is 0 Å². The maximum Gasteiger partial charge on any atom is 0.193 e. The molecule has 0 unspecified atom stereocenters. The second-order valence-corrected chi connectivity index (χ2v) is 5.98. The zero-order chi connectivity index (χ0) is 15.1. The van der Waals surface area contributed by atoms with Gasteiger partial charge in [0.2, 0.25) is 0 Å². The van der Waals surface area contributed by atoms with Gasteiger partial charge in [-0.15, -0.1) is 0 Å². The Labute approximate surface area is 128 Å². The van der Waals surface area contributed by atoms with Gasteiger partial charge >= 0.3 is 0 Å². The molecule has 0 radical (unpaired) electrons. The third-order valence-corrected chi connectivity index (χ3v) is 4.27. The quantitative estimate of drug-likeness (QED) is 0.647. The zero-order valence-corrected chi connectivity index (χ0v) is 13.3. The van der Waals surface area contributed by atoms with Crippen LogP contribution in [0.5, 0.6) is 0 Å². The Morgan fingerprint density at radius 1 is 1.38 bits per heavy atom. The van der Waals surface area contributed by atoms with Crippen LogP contribution in [-0.4, -0.2) is 37.5 Å². The fourth-order valence-corrected chi connectivity index (χ4v) is 2.77. The summed E-state index contributed by atoms with van der Waals surface area (Å²) in [6, 6.07) is 8.32. The molecular formula is C17H28N4. The fourth-order valence-electron chi connectivity index (χ4n) is 2.77. The minimum absolute atomic E-state index is 0.524. The molecule has 0 atom stereocenters. The van der Waals surface area contributed by atoms with Gasteiger partial charge in [-0.25, -0.2) is 0 Å². The average molecular weight is 288 g/mol. The fraction of sp³-hybridized carbons (Fsp3) is 0.588. The molecule has 1 aliphatic heterocycles. The predicted octanol–water partition coefficient (Wildman–Crippen LogP) is 2.71. The summed E-state index contributed by atoms with van der Waals surface area (Å²) in [5, 5.41) is 3.18. The molecule has 0 spiro atoms. The van der Waals surface area contributed by atoms with E-state index < -0.39 is 0 Å². The first-order chi connectivity index (χ1) is 10.2. The van der Waals surface area contributed by atoms with Gasteiger partial charge in [0, 0.05) is 12.2 Å². The van der Waals surface area contributed by atoms with Crippen LogP contribution in [-0.2, 0) is 6.42 Å². The van der Waals surface area contributed by atoms with E-state index in [1.165, 1.54) is 31.5 Å². The predicted molar refractivity (Wildman–Crippen MR) is 90.8 cm³/mol. The Morgan fingerprint density at radius 2 is 2.14 bits per heavy atom. The van der Waals surface area contributed by atoms with Crippen LogP contribution in [0.25, 0.3) is 0 Å². The average Bonchev–Trinajstić information content (AvgIpc) is 2.49. The first kappa shape index (κ1) is 15.8. The Morgan fingerprint density at radius 3 is 2.86 bits per heavy atom. The Hall–Kier alpha value is -1.55. The van der Waals surface area contributed by atoms with E-state index in [1.54, 1.807) is 0 Å². The van der Waals surface area contributed by atoms with Gasteiger partial charge in [-0.05, 0) is 69.4 Å². The lowest BCUT2D eigenvalue weighted by atomic mass is 9.94. The summed E-state index contributed by atoms with van der Waals surface area (Å²) >= 11 is 0. The monoisotopic (exact) mass is 288 g/mol. The third kappa shape index (κ3) is 5.38. The van der Waals surface area contributed by atoms with E-state index in [0.717, 1.165) is 31.0 Å². The molecule has 1 aliphatic rings. The lowest BCUT2D eigenvalue weighted by Crippen LogP contribution is -2.30. The van der Waals surface area contributed by atoms with Crippen molar-refractivity contribution < 1.29 is 0 Å². The van der Waals surface area contributed by atoms with Crippen molar-refractivity contribution in [1.29, 1.82) is 0 Å². The minimum atomic E-state index is 0.524. The highest BCUT2D eigenvalue weighted by atomic mass is 15.1. The van der Waals surface area contributed by atoms with Crippen molar-refractivity contribution in [2.75, 3.05) is 32.0 Å². The number of guanidine groups is 1. The van der Waals surface area contributed by atoms with Crippen molar-refractivity contribution in [2.24, 2.45) is 16.6 Å². The SMILES string of the molecule is CCc1cccc(NC(N)=NCCC2CCN(C)CC2)c1. The van der Waals surface area contributed by atoms with Gasteiger partial charge in [-0.1, -0.05) is 19.1 Å². The first-order valence-corrected chi connectivity index (χ1v) is 8.01. The lowest BCUT2D eigenvalue weighted by molar-refractivity contribution is 0.214. The van der Waals surface area contributed by atoms with Crippen LogP contribution in [0.4, 0.5) is 5.69 Å². The number of nitrogens with one attached hydrogen (secondary N) is 1. The van der Waals surface area contributed by atoms with E-state index in [4.69, 9.17) is 5.73 Å². The van der Waals surface area contributed by atoms with Crippen molar-refractivity contribution in [3.05, 3.63) is 29.8 Å². The number of anilines is 1. The van der Waals surface area contributed by atoms with Crippen LogP contribution in [0.15, 0.2) is 29.3 Å². The number of aryl methyl sites for hydroxylation is 1. The summed E-state index contributed by atoms with van der Waals surface area (Å²) in [4.78, 5) is 6.86. The molecule has 0 aliphatic carbocycles. The second kappa shape index (κ2) is 8.03. The number of piperidine rings is 1. The number of benzene rings is 1. The van der Waals surface area contributed by atoms with E-state index in [1.807, 2.05) is 12.1 Å². The first-order valence-electron chi connectivity index (χ1n) is 8.01. The molecule has 0 bridgehead atoms. The molecule has 4 heteroatoms. The van der Waals surface area contributed by atoms with Crippen LogP contribution in [0.2, 0.25) is 0 Å². The molecule has 0 aromatic heterocycles. The number of aliphatic imine (C=N–C) groups is 1. The van der Waals surface area contributed by atoms with E-state index in [-0.39, 0.29) is 0 Å². The molecule has 1 saturated heterocycles. The zero-order valence-electron chi connectivity index (χ0n) is 13.3. The van der Waals surface area contributed by atoms with E-state index in [0.29, 0.717) is 5.96 Å². The number of hydrogen-bond acceptors (Lipinski definition) is 2. The molecule has 1 aromatic rings. The van der Waals surface area contributed by atoms with Crippen molar-refractivity contribution >= 4 is 11.6 Å². The molecule has 3 N–H and O–H groups in total. The maximum absolute atomic E-state index is 5.97. The van der Waals surface area contributed by atoms with Crippen LogP contribution >= 0.6 is 0 Å². The molecule has 2 rings (SSSR count). The number of rotatable bonds is 5. The van der Waals surface area contributed by atoms with E-state index in [2.05, 4.69) is 41.3 Å². The van der Waals surface area contributed by atoms with Crippen LogP contribution in [0, 0.1) is 5.92 Å². The van der Waals surface area contributed by atoms with Crippen LogP contribution in [0.1, 0.15) is 31.7 Å². The standard InChI is InChI=1S/C17H28N4/c1-3-14-5-4-6-16(13-14)20-17(18)19-10-7-15-8-11-21(2)12-9-15/h4-6,13,15H,3,7-12H2,1-2H3,(H3,18,19,20). The smallest absolute Gasteiger partial charge is 0.193 e. The summed E-state index contributed by atoms with van der Waals surface area (Å²) in [6.07, 6.45) is 4.75. The van der Waals surface area contributed by atoms with Gasteiger partial charge in [-0.2, -0.15) is 0 Å². The molecule has 21 heavy (non-hydrogen) atoms. The van der Waals surface area contributed by atoms with E-state index in [9.17, 15) is 0 Å². The number of nitrogens with two attached hydrogens (primary N) is 1. The summed E-state index contributed by atoms with van der Waals surface area (Å²) in [7, 11) is 2.20. The molecule has 0 amide bonds. The largest absolute Gasteiger partial charge is 0.370 e. The third-order valence-electron chi connectivity index (χ3n) is 4.27. The van der Waals surface area contributed by atoms with Gasteiger partial charge in [0.05, 0.1) is 0 Å². The maximum atomic E-state index is 5.97. The topological polar surface area (TPSA) is 53.6 Å². The number of likely N-dealkylation sites (tertiary alicyclic amines) is 1. The van der Waals surface area contributed by atoms with Crippen molar-refractivity contribution in [1.82, 2.24) is 4.90 Å². The molecule has 0 saturated carbocycles. The summed E-state index contributed by atoms with van der Waals surface area (Å²) in [6.45, 7) is 5.40. The second-order valence-electron chi connectivity index (χ2n) is 5.98. The van der Waals surface area contributed by atoms with Gasteiger partial charge in [0.1, 0.15) is 0 Å². The van der Waals surface area contributed by atoms with Gasteiger partial charge in [0.15, 0.2) is 5.96 Å².